The topological polar surface area (TPSA) is 50.8 Å². The van der Waals surface area contributed by atoms with Gasteiger partial charge >= 0.3 is 6.03 Å². The van der Waals surface area contributed by atoms with E-state index in [4.69, 9.17) is 9.47 Å². The molecule has 2 amide bonds. The Bertz CT molecular complexity index is 734. The Labute approximate surface area is 166 Å². The van der Waals surface area contributed by atoms with E-state index in [9.17, 15) is 9.18 Å². The van der Waals surface area contributed by atoms with Gasteiger partial charge in [-0.05, 0) is 50.5 Å². The molecule has 152 valence electrons. The lowest BCUT2D eigenvalue weighted by Gasteiger charge is -2.27. The van der Waals surface area contributed by atoms with Crippen molar-refractivity contribution in [2.75, 3.05) is 31.6 Å². The number of ether oxygens (including phenoxy) is 2. The Kier molecular flexibility index (Phi) is 8.91. The second-order valence-corrected chi connectivity index (χ2v) is 6.42. The SMILES string of the molecule is CCOC(CN(CCc1ccccc1)C(=O)Nc1ccc(C)c(F)c1)OCC. The van der Waals surface area contributed by atoms with Crippen LogP contribution in [0.4, 0.5) is 14.9 Å². The van der Waals surface area contributed by atoms with Crippen molar-refractivity contribution < 1.29 is 18.7 Å². The van der Waals surface area contributed by atoms with Gasteiger partial charge in [0.15, 0.2) is 6.29 Å². The lowest BCUT2D eigenvalue weighted by Crippen LogP contribution is -2.43. The second-order valence-electron chi connectivity index (χ2n) is 6.42. The smallest absolute Gasteiger partial charge is 0.322 e. The molecular formula is C22H29FN2O3. The lowest BCUT2D eigenvalue weighted by atomic mass is 10.1. The number of nitrogens with zero attached hydrogens (tertiary/aromatic N) is 1. The van der Waals surface area contributed by atoms with E-state index >= 15 is 0 Å². The zero-order valence-electron chi connectivity index (χ0n) is 16.8. The standard InChI is InChI=1S/C22H29FN2O3/c1-4-27-21(28-5-2)16-25(14-13-18-9-7-6-8-10-18)22(26)24-19-12-11-17(3)20(23)15-19/h6-12,15,21H,4-5,13-14,16H2,1-3H3,(H,24,26). The normalized spacial score (nSPS) is 10.9. The highest BCUT2D eigenvalue weighted by atomic mass is 19.1. The van der Waals surface area contributed by atoms with Crippen LogP contribution in [0.15, 0.2) is 48.5 Å². The Morgan fingerprint density at radius 2 is 1.79 bits per heavy atom. The zero-order valence-corrected chi connectivity index (χ0v) is 16.8. The summed E-state index contributed by atoms with van der Waals surface area (Å²) in [6.07, 6.45) is 0.188. The van der Waals surface area contributed by atoms with Gasteiger partial charge in [0.1, 0.15) is 5.82 Å². The van der Waals surface area contributed by atoms with Gasteiger partial charge in [0.05, 0.1) is 6.54 Å². The van der Waals surface area contributed by atoms with Gasteiger partial charge in [0.2, 0.25) is 0 Å². The largest absolute Gasteiger partial charge is 0.351 e. The van der Waals surface area contributed by atoms with Crippen LogP contribution in [0.5, 0.6) is 0 Å². The number of hydrogen-bond acceptors (Lipinski definition) is 3. The fraction of sp³-hybridized carbons (Fsp3) is 0.409. The van der Waals surface area contributed by atoms with Crippen LogP contribution in [0, 0.1) is 12.7 Å². The van der Waals surface area contributed by atoms with Crippen LogP contribution >= 0.6 is 0 Å². The molecule has 0 unspecified atom stereocenters. The van der Waals surface area contributed by atoms with Gasteiger partial charge in [-0.1, -0.05) is 36.4 Å². The summed E-state index contributed by atoms with van der Waals surface area (Å²) in [6, 6.07) is 14.3. The molecule has 0 saturated carbocycles. The van der Waals surface area contributed by atoms with Crippen molar-refractivity contribution in [3.63, 3.8) is 0 Å². The van der Waals surface area contributed by atoms with Crippen molar-refractivity contribution in [1.82, 2.24) is 4.90 Å². The van der Waals surface area contributed by atoms with E-state index in [2.05, 4.69) is 5.32 Å². The lowest BCUT2D eigenvalue weighted by molar-refractivity contribution is -0.142. The first kappa shape index (κ1) is 21.9. The summed E-state index contributed by atoms with van der Waals surface area (Å²) in [6.45, 7) is 7.20. The quantitative estimate of drug-likeness (QED) is 0.605. The molecular weight excluding hydrogens is 359 g/mol. The maximum absolute atomic E-state index is 13.8. The Hall–Kier alpha value is -2.44. The minimum atomic E-state index is -0.508. The summed E-state index contributed by atoms with van der Waals surface area (Å²) in [5.74, 6) is -0.352. The van der Waals surface area contributed by atoms with E-state index in [0.717, 1.165) is 5.56 Å². The molecule has 2 rings (SSSR count). The minimum Gasteiger partial charge on any atom is -0.351 e. The number of benzene rings is 2. The second kappa shape index (κ2) is 11.4. The maximum atomic E-state index is 13.8. The Morgan fingerprint density at radius 1 is 1.11 bits per heavy atom. The number of halogens is 1. The number of rotatable bonds is 10. The molecule has 0 aliphatic rings. The first-order valence-corrected chi connectivity index (χ1v) is 9.62. The molecule has 0 spiro atoms. The predicted octanol–water partition coefficient (Wildman–Crippen LogP) is 4.61. The summed E-state index contributed by atoms with van der Waals surface area (Å²) < 4.78 is 25.0. The third-order valence-corrected chi connectivity index (χ3v) is 4.30. The average Bonchev–Trinajstić information content (AvgIpc) is 2.69. The molecule has 0 aliphatic heterocycles. The highest BCUT2D eigenvalue weighted by molar-refractivity contribution is 5.89. The Morgan fingerprint density at radius 3 is 2.39 bits per heavy atom. The molecule has 6 heteroatoms. The van der Waals surface area contributed by atoms with Crippen LogP contribution in [0.3, 0.4) is 0 Å². The van der Waals surface area contributed by atoms with Crippen LogP contribution in [0.2, 0.25) is 0 Å². The summed E-state index contributed by atoms with van der Waals surface area (Å²) in [4.78, 5) is 14.5. The molecule has 0 radical (unpaired) electrons. The number of urea groups is 1. The van der Waals surface area contributed by atoms with Crippen LogP contribution < -0.4 is 5.32 Å². The molecule has 0 bridgehead atoms. The molecule has 28 heavy (non-hydrogen) atoms. The summed E-state index contributed by atoms with van der Waals surface area (Å²) in [5.41, 5.74) is 2.08. The van der Waals surface area contributed by atoms with Gasteiger partial charge in [-0.3, -0.25) is 0 Å². The molecule has 0 aliphatic carbocycles. The Balaban J connectivity index is 2.09. The number of anilines is 1. The maximum Gasteiger partial charge on any atom is 0.322 e. The van der Waals surface area contributed by atoms with Crippen molar-refractivity contribution in [3.8, 4) is 0 Å². The molecule has 0 atom stereocenters. The first-order valence-electron chi connectivity index (χ1n) is 9.62. The van der Waals surface area contributed by atoms with Crippen LogP contribution in [-0.2, 0) is 15.9 Å². The third-order valence-electron chi connectivity index (χ3n) is 4.30. The average molecular weight is 388 g/mol. The number of amides is 2. The highest BCUT2D eigenvalue weighted by Crippen LogP contribution is 2.15. The van der Waals surface area contributed by atoms with Crippen molar-refractivity contribution in [2.24, 2.45) is 0 Å². The number of hydrogen-bond donors (Lipinski definition) is 1. The van der Waals surface area contributed by atoms with E-state index in [1.54, 1.807) is 24.0 Å². The van der Waals surface area contributed by atoms with E-state index in [1.807, 2.05) is 44.2 Å². The summed E-state index contributed by atoms with van der Waals surface area (Å²) in [5, 5.41) is 2.77. The summed E-state index contributed by atoms with van der Waals surface area (Å²) in [7, 11) is 0. The minimum absolute atomic E-state index is 0.286. The van der Waals surface area contributed by atoms with Crippen LogP contribution in [0.25, 0.3) is 0 Å². The third kappa shape index (κ3) is 6.94. The van der Waals surface area contributed by atoms with Gasteiger partial charge in [-0.25, -0.2) is 9.18 Å². The van der Waals surface area contributed by atoms with E-state index < -0.39 is 6.29 Å². The van der Waals surface area contributed by atoms with Crippen LogP contribution in [0.1, 0.15) is 25.0 Å². The van der Waals surface area contributed by atoms with E-state index in [1.165, 1.54) is 6.07 Å². The first-order chi connectivity index (χ1) is 13.5. The molecule has 2 aromatic rings. The van der Waals surface area contributed by atoms with Gasteiger partial charge in [-0.2, -0.15) is 0 Å². The molecule has 0 fully saturated rings. The molecule has 0 aromatic heterocycles. The van der Waals surface area contributed by atoms with Crippen molar-refractivity contribution in [1.29, 1.82) is 0 Å². The number of aryl methyl sites for hydroxylation is 1. The monoisotopic (exact) mass is 388 g/mol. The number of nitrogens with one attached hydrogen (secondary N) is 1. The van der Waals surface area contributed by atoms with Gasteiger partial charge < -0.3 is 19.7 Å². The molecule has 5 nitrogen and oxygen atoms in total. The van der Waals surface area contributed by atoms with Gasteiger partial charge in [0, 0.05) is 25.4 Å². The molecule has 0 saturated heterocycles. The van der Waals surface area contributed by atoms with Crippen molar-refractivity contribution in [3.05, 3.63) is 65.5 Å². The van der Waals surface area contributed by atoms with E-state index in [-0.39, 0.29) is 18.4 Å². The van der Waals surface area contributed by atoms with Gasteiger partial charge in [-0.15, -0.1) is 0 Å². The molecule has 2 aromatic carbocycles. The molecule has 0 heterocycles. The fourth-order valence-electron chi connectivity index (χ4n) is 2.76. The summed E-state index contributed by atoms with van der Waals surface area (Å²) >= 11 is 0. The zero-order chi connectivity index (χ0) is 20.4. The number of carbonyl (C=O) groups excluding carboxylic acids is 1. The van der Waals surface area contributed by atoms with E-state index in [0.29, 0.717) is 37.4 Å². The number of carbonyl (C=O) groups is 1. The van der Waals surface area contributed by atoms with Crippen molar-refractivity contribution >= 4 is 11.7 Å². The predicted molar refractivity (Wildman–Crippen MR) is 109 cm³/mol. The van der Waals surface area contributed by atoms with Crippen LogP contribution in [-0.4, -0.2) is 43.5 Å². The fourth-order valence-corrected chi connectivity index (χ4v) is 2.76. The molecule has 1 N–H and O–H groups in total. The van der Waals surface area contributed by atoms with Crippen molar-refractivity contribution in [2.45, 2.75) is 33.5 Å². The highest BCUT2D eigenvalue weighted by Gasteiger charge is 2.20. The van der Waals surface area contributed by atoms with Gasteiger partial charge in [0.25, 0.3) is 0 Å².